The Bertz CT molecular complexity index is 422. The van der Waals surface area contributed by atoms with Crippen LogP contribution in [0, 0.1) is 0 Å². The van der Waals surface area contributed by atoms with E-state index in [2.05, 4.69) is 21.2 Å². The second-order valence-electron chi connectivity index (χ2n) is 4.59. The number of carbonyl (C=O) groups excluding carboxylic acids is 1. The molecule has 0 aliphatic heterocycles. The number of hydrogen-bond donors (Lipinski definition) is 2. The van der Waals surface area contributed by atoms with Crippen LogP contribution in [0.15, 0.2) is 22.7 Å². The minimum atomic E-state index is -0.0908. The lowest BCUT2D eigenvalue weighted by Gasteiger charge is -2.12. The Balaban J connectivity index is 2.65. The molecule has 0 atom stereocenters. The number of carbonyl (C=O) groups is 1. The predicted molar refractivity (Wildman–Crippen MR) is 80.5 cm³/mol. The first-order valence-electron chi connectivity index (χ1n) is 6.48. The SMILES string of the molecule is CC(C)Oc1cc(Br)cc(C(=O)NCCCCN)c1. The number of nitrogens with two attached hydrogens (primary N) is 1. The molecule has 4 nitrogen and oxygen atoms in total. The van der Waals surface area contributed by atoms with E-state index in [-0.39, 0.29) is 12.0 Å². The average Bonchev–Trinajstić information content (AvgIpc) is 2.32. The van der Waals surface area contributed by atoms with E-state index < -0.39 is 0 Å². The smallest absolute Gasteiger partial charge is 0.251 e. The Kier molecular flexibility index (Phi) is 6.87. The first kappa shape index (κ1) is 16.0. The summed E-state index contributed by atoms with van der Waals surface area (Å²) < 4.78 is 6.43. The molecule has 1 amide bonds. The fourth-order valence-electron chi connectivity index (χ4n) is 1.61. The number of amides is 1. The second kappa shape index (κ2) is 8.17. The van der Waals surface area contributed by atoms with Crippen LogP contribution in [-0.4, -0.2) is 25.1 Å². The van der Waals surface area contributed by atoms with Crippen molar-refractivity contribution in [2.75, 3.05) is 13.1 Å². The molecule has 0 radical (unpaired) electrons. The van der Waals surface area contributed by atoms with Gasteiger partial charge in [0.1, 0.15) is 5.75 Å². The molecule has 0 saturated heterocycles. The summed E-state index contributed by atoms with van der Waals surface area (Å²) in [5, 5.41) is 2.87. The molecular weight excluding hydrogens is 308 g/mol. The van der Waals surface area contributed by atoms with Gasteiger partial charge in [-0.05, 0) is 51.4 Å². The molecule has 0 fully saturated rings. The molecule has 0 aliphatic carbocycles. The van der Waals surface area contributed by atoms with E-state index in [4.69, 9.17) is 10.5 Å². The quantitative estimate of drug-likeness (QED) is 0.756. The van der Waals surface area contributed by atoms with Crippen LogP contribution in [-0.2, 0) is 0 Å². The van der Waals surface area contributed by atoms with Crippen molar-refractivity contribution in [1.29, 1.82) is 0 Å². The minimum absolute atomic E-state index is 0.0785. The molecule has 19 heavy (non-hydrogen) atoms. The Morgan fingerprint density at radius 2 is 2.11 bits per heavy atom. The summed E-state index contributed by atoms with van der Waals surface area (Å²) in [6.07, 6.45) is 1.89. The summed E-state index contributed by atoms with van der Waals surface area (Å²) in [4.78, 5) is 12.0. The molecule has 0 bridgehead atoms. The van der Waals surface area contributed by atoms with Gasteiger partial charge in [0.15, 0.2) is 0 Å². The maximum Gasteiger partial charge on any atom is 0.251 e. The van der Waals surface area contributed by atoms with Crippen LogP contribution >= 0.6 is 15.9 Å². The zero-order valence-electron chi connectivity index (χ0n) is 11.4. The fraction of sp³-hybridized carbons (Fsp3) is 0.500. The molecule has 3 N–H and O–H groups in total. The molecular formula is C14H21BrN2O2. The lowest BCUT2D eigenvalue weighted by Crippen LogP contribution is -2.25. The highest BCUT2D eigenvalue weighted by atomic mass is 79.9. The normalized spacial score (nSPS) is 10.6. The van der Waals surface area contributed by atoms with Crippen molar-refractivity contribution in [1.82, 2.24) is 5.32 Å². The molecule has 0 saturated carbocycles. The van der Waals surface area contributed by atoms with Crippen molar-refractivity contribution < 1.29 is 9.53 Å². The van der Waals surface area contributed by atoms with Crippen LogP contribution in [0.5, 0.6) is 5.75 Å². The van der Waals surface area contributed by atoms with Gasteiger partial charge in [-0.1, -0.05) is 15.9 Å². The first-order chi connectivity index (χ1) is 9.02. The zero-order valence-corrected chi connectivity index (χ0v) is 13.0. The summed E-state index contributed by atoms with van der Waals surface area (Å²) in [6, 6.07) is 5.39. The third-order valence-corrected chi connectivity index (χ3v) is 2.88. The van der Waals surface area contributed by atoms with Crippen molar-refractivity contribution in [3.63, 3.8) is 0 Å². The van der Waals surface area contributed by atoms with Gasteiger partial charge >= 0.3 is 0 Å². The third kappa shape index (κ3) is 6.07. The summed E-state index contributed by atoms with van der Waals surface area (Å²) in [7, 11) is 0. The van der Waals surface area contributed by atoms with E-state index in [9.17, 15) is 4.79 Å². The van der Waals surface area contributed by atoms with E-state index in [1.807, 2.05) is 19.9 Å². The Hall–Kier alpha value is -1.07. The van der Waals surface area contributed by atoms with Crippen molar-refractivity contribution in [2.24, 2.45) is 5.73 Å². The predicted octanol–water partition coefficient (Wildman–Crippen LogP) is 2.71. The van der Waals surface area contributed by atoms with Crippen LogP contribution in [0.4, 0.5) is 0 Å². The largest absolute Gasteiger partial charge is 0.491 e. The number of ether oxygens (including phenoxy) is 1. The molecule has 0 aliphatic rings. The topological polar surface area (TPSA) is 64.3 Å². The maximum atomic E-state index is 12.0. The van der Waals surface area contributed by atoms with Crippen LogP contribution in [0.1, 0.15) is 37.0 Å². The molecule has 106 valence electrons. The molecule has 0 heterocycles. The van der Waals surface area contributed by atoms with Crippen molar-refractivity contribution in [3.8, 4) is 5.75 Å². The number of halogens is 1. The number of benzene rings is 1. The van der Waals surface area contributed by atoms with E-state index in [0.717, 1.165) is 17.3 Å². The van der Waals surface area contributed by atoms with Crippen LogP contribution in [0.25, 0.3) is 0 Å². The van der Waals surface area contributed by atoms with E-state index in [1.54, 1.807) is 12.1 Å². The summed E-state index contributed by atoms with van der Waals surface area (Å²) in [5.74, 6) is 0.600. The summed E-state index contributed by atoms with van der Waals surface area (Å²) in [5.41, 5.74) is 6.00. The summed E-state index contributed by atoms with van der Waals surface area (Å²) in [6.45, 7) is 5.20. The van der Waals surface area contributed by atoms with Gasteiger partial charge in [-0.25, -0.2) is 0 Å². The Morgan fingerprint density at radius 3 is 2.74 bits per heavy atom. The van der Waals surface area contributed by atoms with Gasteiger partial charge in [-0.3, -0.25) is 4.79 Å². The Labute approximate surface area is 122 Å². The molecule has 1 aromatic rings. The number of nitrogens with one attached hydrogen (secondary N) is 1. The molecule has 1 aromatic carbocycles. The van der Waals surface area contributed by atoms with E-state index in [0.29, 0.717) is 24.4 Å². The van der Waals surface area contributed by atoms with Gasteiger partial charge < -0.3 is 15.8 Å². The zero-order chi connectivity index (χ0) is 14.3. The van der Waals surface area contributed by atoms with E-state index in [1.165, 1.54) is 0 Å². The van der Waals surface area contributed by atoms with Gasteiger partial charge in [0, 0.05) is 16.6 Å². The number of rotatable bonds is 7. The maximum absolute atomic E-state index is 12.0. The molecule has 0 unspecified atom stereocenters. The van der Waals surface area contributed by atoms with Crippen LogP contribution in [0.2, 0.25) is 0 Å². The Morgan fingerprint density at radius 1 is 1.37 bits per heavy atom. The molecule has 0 aromatic heterocycles. The van der Waals surface area contributed by atoms with E-state index >= 15 is 0 Å². The number of hydrogen-bond acceptors (Lipinski definition) is 3. The fourth-order valence-corrected chi connectivity index (χ4v) is 2.08. The van der Waals surface area contributed by atoms with Gasteiger partial charge in [-0.15, -0.1) is 0 Å². The van der Waals surface area contributed by atoms with Crippen molar-refractivity contribution in [3.05, 3.63) is 28.2 Å². The van der Waals surface area contributed by atoms with Gasteiger partial charge in [-0.2, -0.15) is 0 Å². The highest BCUT2D eigenvalue weighted by Gasteiger charge is 2.09. The third-order valence-electron chi connectivity index (χ3n) is 2.42. The number of unbranched alkanes of at least 4 members (excludes halogenated alkanes) is 1. The summed E-state index contributed by atoms with van der Waals surface area (Å²) >= 11 is 3.39. The first-order valence-corrected chi connectivity index (χ1v) is 7.27. The van der Waals surface area contributed by atoms with Gasteiger partial charge in [0.05, 0.1) is 6.10 Å². The second-order valence-corrected chi connectivity index (χ2v) is 5.51. The monoisotopic (exact) mass is 328 g/mol. The average molecular weight is 329 g/mol. The molecule has 5 heteroatoms. The van der Waals surface area contributed by atoms with Crippen molar-refractivity contribution >= 4 is 21.8 Å². The highest BCUT2D eigenvalue weighted by Crippen LogP contribution is 2.22. The highest BCUT2D eigenvalue weighted by molar-refractivity contribution is 9.10. The molecule has 0 spiro atoms. The van der Waals surface area contributed by atoms with Crippen molar-refractivity contribution in [2.45, 2.75) is 32.8 Å². The van der Waals surface area contributed by atoms with Crippen LogP contribution < -0.4 is 15.8 Å². The van der Waals surface area contributed by atoms with Gasteiger partial charge in [0.25, 0.3) is 5.91 Å². The van der Waals surface area contributed by atoms with Crippen LogP contribution in [0.3, 0.4) is 0 Å². The lowest BCUT2D eigenvalue weighted by molar-refractivity contribution is 0.0952. The minimum Gasteiger partial charge on any atom is -0.491 e. The van der Waals surface area contributed by atoms with Gasteiger partial charge in [0.2, 0.25) is 0 Å². The lowest BCUT2D eigenvalue weighted by atomic mass is 10.2. The standard InChI is InChI=1S/C14H21BrN2O2/c1-10(2)19-13-8-11(7-12(15)9-13)14(18)17-6-4-3-5-16/h7-10H,3-6,16H2,1-2H3,(H,17,18). The molecule has 1 rings (SSSR count).